The van der Waals surface area contributed by atoms with Crippen LogP contribution in [0.2, 0.25) is 0 Å². The molecular formula is C40H68N4O7. The SMILES string of the molecule is CN(CCN(C)C(=O)OC(C)(C)C)Cc1cn(C2CCCCO2)nc1C1=CCC(COCCC2CCOCC2)(COCCC2CCOCC2)CC1. The third kappa shape index (κ3) is 13.1. The fraction of sp³-hybridized carbons (Fsp3) is 0.850. The molecule has 1 unspecified atom stereocenters. The van der Waals surface area contributed by atoms with E-state index in [0.29, 0.717) is 18.4 Å². The van der Waals surface area contributed by atoms with Gasteiger partial charge in [0, 0.05) is 90.1 Å². The molecule has 3 fully saturated rings. The Labute approximate surface area is 307 Å². The van der Waals surface area contributed by atoms with Crippen molar-refractivity contribution in [3.8, 4) is 0 Å². The van der Waals surface area contributed by atoms with Crippen molar-refractivity contribution in [2.75, 3.05) is 86.6 Å². The molecule has 0 spiro atoms. The van der Waals surface area contributed by atoms with Gasteiger partial charge in [-0.25, -0.2) is 9.48 Å². The van der Waals surface area contributed by atoms with Crippen molar-refractivity contribution in [3.05, 3.63) is 23.5 Å². The van der Waals surface area contributed by atoms with Crippen molar-refractivity contribution < 1.29 is 33.2 Å². The van der Waals surface area contributed by atoms with E-state index in [0.717, 1.165) is 155 Å². The summed E-state index contributed by atoms with van der Waals surface area (Å²) in [5, 5.41) is 5.21. The number of allylic oxidation sites excluding steroid dienone is 2. The minimum Gasteiger partial charge on any atom is -0.444 e. The molecule has 4 heterocycles. The minimum absolute atomic E-state index is 0.0219. The van der Waals surface area contributed by atoms with Crippen LogP contribution in [0.4, 0.5) is 4.79 Å². The molecule has 1 aromatic rings. The summed E-state index contributed by atoms with van der Waals surface area (Å²) in [4.78, 5) is 16.5. The first kappa shape index (κ1) is 40.2. The van der Waals surface area contributed by atoms with E-state index in [1.807, 2.05) is 20.8 Å². The molecule has 3 saturated heterocycles. The largest absolute Gasteiger partial charge is 0.444 e. The highest BCUT2D eigenvalue weighted by Crippen LogP contribution is 2.41. The normalized spacial score (nSPS) is 22.2. The zero-order valence-corrected chi connectivity index (χ0v) is 32.5. The van der Waals surface area contributed by atoms with E-state index >= 15 is 0 Å². The van der Waals surface area contributed by atoms with E-state index in [1.165, 1.54) is 11.1 Å². The van der Waals surface area contributed by atoms with Crippen molar-refractivity contribution in [1.82, 2.24) is 19.6 Å². The summed E-state index contributed by atoms with van der Waals surface area (Å²) in [5.74, 6) is 1.42. The van der Waals surface area contributed by atoms with Crippen LogP contribution in [0.1, 0.15) is 115 Å². The van der Waals surface area contributed by atoms with Gasteiger partial charge < -0.3 is 38.2 Å². The molecule has 0 aromatic carbocycles. The Morgan fingerprint density at radius 3 is 2.12 bits per heavy atom. The van der Waals surface area contributed by atoms with Gasteiger partial charge in [-0.2, -0.15) is 5.10 Å². The van der Waals surface area contributed by atoms with Crippen LogP contribution in [0.15, 0.2) is 12.3 Å². The van der Waals surface area contributed by atoms with E-state index in [4.69, 9.17) is 33.5 Å². The summed E-state index contributed by atoms with van der Waals surface area (Å²) < 4.78 is 37.9. The summed E-state index contributed by atoms with van der Waals surface area (Å²) in [5.41, 5.74) is 3.03. The van der Waals surface area contributed by atoms with Gasteiger partial charge in [0.15, 0.2) is 0 Å². The first-order valence-corrected chi connectivity index (χ1v) is 19.9. The molecule has 5 rings (SSSR count). The fourth-order valence-electron chi connectivity index (χ4n) is 7.63. The Hall–Kier alpha value is -2.02. The number of nitrogens with zero attached hydrogens (tertiary/aromatic N) is 4. The fourth-order valence-corrected chi connectivity index (χ4v) is 7.63. The van der Waals surface area contributed by atoms with Gasteiger partial charge in [0.25, 0.3) is 0 Å². The first-order chi connectivity index (χ1) is 24.6. The number of ether oxygens (including phenoxy) is 6. The van der Waals surface area contributed by atoms with Crippen LogP contribution in [0.3, 0.4) is 0 Å². The topological polar surface area (TPSA) is 96.8 Å². The lowest BCUT2D eigenvalue weighted by atomic mass is 9.75. The molecule has 1 aliphatic carbocycles. The number of amides is 1. The smallest absolute Gasteiger partial charge is 0.410 e. The molecule has 4 aliphatic rings. The van der Waals surface area contributed by atoms with E-state index in [9.17, 15) is 4.79 Å². The van der Waals surface area contributed by atoms with Crippen LogP contribution in [-0.4, -0.2) is 118 Å². The number of aromatic nitrogens is 2. The van der Waals surface area contributed by atoms with Gasteiger partial charge in [0.2, 0.25) is 0 Å². The first-order valence-electron chi connectivity index (χ1n) is 19.9. The van der Waals surface area contributed by atoms with E-state index < -0.39 is 5.60 Å². The summed E-state index contributed by atoms with van der Waals surface area (Å²) in [7, 11) is 3.91. The maximum Gasteiger partial charge on any atom is 0.410 e. The quantitative estimate of drug-likeness (QED) is 0.157. The summed E-state index contributed by atoms with van der Waals surface area (Å²) in [6.45, 7) is 15.1. The number of carbonyl (C=O) groups excluding carboxylic acids is 1. The average Bonchev–Trinajstić information content (AvgIpc) is 3.55. The molecule has 1 aromatic heterocycles. The molecule has 1 amide bonds. The van der Waals surface area contributed by atoms with Crippen molar-refractivity contribution in [3.63, 3.8) is 0 Å². The van der Waals surface area contributed by atoms with Gasteiger partial charge in [-0.3, -0.25) is 0 Å². The lowest BCUT2D eigenvalue weighted by Crippen LogP contribution is -2.38. The number of likely N-dealkylation sites (N-methyl/N-ethyl adjacent to an activating group) is 2. The molecule has 0 radical (unpaired) electrons. The Morgan fingerprint density at radius 2 is 1.57 bits per heavy atom. The van der Waals surface area contributed by atoms with E-state index in [1.54, 1.807) is 11.9 Å². The van der Waals surface area contributed by atoms with Crippen LogP contribution in [0, 0.1) is 17.3 Å². The summed E-state index contributed by atoms with van der Waals surface area (Å²) in [6, 6.07) is 0. The molecular weight excluding hydrogens is 648 g/mol. The van der Waals surface area contributed by atoms with Gasteiger partial charge in [-0.15, -0.1) is 0 Å². The summed E-state index contributed by atoms with van der Waals surface area (Å²) in [6.07, 6.45) is 17.2. The van der Waals surface area contributed by atoms with E-state index in [-0.39, 0.29) is 17.7 Å². The molecule has 3 aliphatic heterocycles. The average molecular weight is 717 g/mol. The maximum absolute atomic E-state index is 12.6. The van der Waals surface area contributed by atoms with Crippen molar-refractivity contribution in [1.29, 1.82) is 0 Å². The lowest BCUT2D eigenvalue weighted by Gasteiger charge is -2.36. The van der Waals surface area contributed by atoms with Crippen molar-refractivity contribution >= 4 is 11.7 Å². The predicted octanol–water partition coefficient (Wildman–Crippen LogP) is 7.10. The standard InChI is InChI=1S/C40H68N4O7/c1-39(2,3)51-38(45)43(5)20-19-42(4)28-35-29-44(36-8-6-7-21-50-36)41-37(35)34-9-17-40(18-10-34,30-48-26-15-32-11-22-46-23-12-32)31-49-27-16-33-13-24-47-25-14-33/h9,29,32-33,36H,6-8,10-28,30-31H2,1-5H3. The molecule has 0 saturated carbocycles. The van der Waals surface area contributed by atoms with Crippen LogP contribution < -0.4 is 0 Å². The maximum atomic E-state index is 12.6. The molecule has 0 bridgehead atoms. The third-order valence-corrected chi connectivity index (χ3v) is 11.1. The Morgan fingerprint density at radius 1 is 0.922 bits per heavy atom. The second kappa shape index (κ2) is 19.9. The summed E-state index contributed by atoms with van der Waals surface area (Å²) >= 11 is 0. The molecule has 1 atom stereocenters. The van der Waals surface area contributed by atoms with Crippen LogP contribution in [0.25, 0.3) is 5.57 Å². The monoisotopic (exact) mass is 717 g/mol. The van der Waals surface area contributed by atoms with Crippen LogP contribution in [-0.2, 0) is 35.0 Å². The molecule has 0 N–H and O–H groups in total. The number of carbonyl (C=O) groups is 1. The van der Waals surface area contributed by atoms with E-state index in [2.05, 4.69) is 28.9 Å². The second-order valence-electron chi connectivity index (χ2n) is 16.7. The molecule has 11 heteroatoms. The molecule has 11 nitrogen and oxygen atoms in total. The van der Waals surface area contributed by atoms with Crippen molar-refractivity contribution in [2.45, 2.75) is 116 Å². The third-order valence-electron chi connectivity index (χ3n) is 11.1. The zero-order valence-electron chi connectivity index (χ0n) is 32.5. The van der Waals surface area contributed by atoms with Crippen LogP contribution in [0.5, 0.6) is 0 Å². The van der Waals surface area contributed by atoms with Gasteiger partial charge >= 0.3 is 6.09 Å². The van der Waals surface area contributed by atoms with Gasteiger partial charge in [0.05, 0.1) is 18.9 Å². The molecule has 290 valence electrons. The number of rotatable bonds is 17. The number of hydrogen-bond donors (Lipinski definition) is 0. The second-order valence-corrected chi connectivity index (χ2v) is 16.7. The minimum atomic E-state index is -0.513. The Balaban J connectivity index is 1.24. The highest BCUT2D eigenvalue weighted by Gasteiger charge is 2.35. The van der Waals surface area contributed by atoms with Gasteiger partial charge in [-0.1, -0.05) is 6.08 Å². The molecule has 51 heavy (non-hydrogen) atoms. The Bertz CT molecular complexity index is 1190. The van der Waals surface area contributed by atoms with Gasteiger partial charge in [-0.05, 0) is 122 Å². The highest BCUT2D eigenvalue weighted by molar-refractivity contribution is 5.67. The van der Waals surface area contributed by atoms with Gasteiger partial charge in [0.1, 0.15) is 11.8 Å². The van der Waals surface area contributed by atoms with Crippen LogP contribution >= 0.6 is 0 Å². The predicted molar refractivity (Wildman–Crippen MR) is 198 cm³/mol. The van der Waals surface area contributed by atoms with Crippen molar-refractivity contribution in [2.24, 2.45) is 17.3 Å². The Kier molecular flexibility index (Phi) is 15.7. The number of hydrogen-bond acceptors (Lipinski definition) is 9. The lowest BCUT2D eigenvalue weighted by molar-refractivity contribution is -0.0397. The zero-order chi connectivity index (χ0) is 36.1. The highest BCUT2D eigenvalue weighted by atomic mass is 16.6.